The lowest BCUT2D eigenvalue weighted by atomic mass is 10.2. The number of nitrogens with one attached hydrogen (secondary N) is 1. The standard InChI is InChI=1S/C11H7FN2/c12-8-4-1-3-7-10(8)14-9-5-2-6-13-11(7)9/h1-6,14H. The Hall–Kier alpha value is -1.90. The third-order valence-electron chi connectivity index (χ3n) is 2.34. The summed E-state index contributed by atoms with van der Waals surface area (Å²) in [5.74, 6) is -0.236. The number of benzene rings is 1. The average molecular weight is 186 g/mol. The molecule has 0 bridgehead atoms. The monoisotopic (exact) mass is 186 g/mol. The lowest BCUT2D eigenvalue weighted by Gasteiger charge is -1.89. The zero-order chi connectivity index (χ0) is 9.54. The number of halogens is 1. The molecule has 0 fully saturated rings. The summed E-state index contributed by atoms with van der Waals surface area (Å²) in [7, 11) is 0. The smallest absolute Gasteiger partial charge is 0.147 e. The molecule has 1 aromatic carbocycles. The van der Waals surface area contributed by atoms with Crippen LogP contribution in [0.5, 0.6) is 0 Å². The Morgan fingerprint density at radius 3 is 3.00 bits per heavy atom. The van der Waals surface area contributed by atoms with Crippen molar-refractivity contribution in [3.63, 3.8) is 0 Å². The summed E-state index contributed by atoms with van der Waals surface area (Å²) >= 11 is 0. The Balaban J connectivity index is 2.63. The molecule has 3 heteroatoms. The van der Waals surface area contributed by atoms with Gasteiger partial charge < -0.3 is 4.98 Å². The van der Waals surface area contributed by atoms with Crippen LogP contribution in [-0.4, -0.2) is 9.97 Å². The van der Waals surface area contributed by atoms with E-state index in [4.69, 9.17) is 0 Å². The van der Waals surface area contributed by atoms with Crippen LogP contribution in [0.1, 0.15) is 0 Å². The van der Waals surface area contributed by atoms with Crippen LogP contribution in [0.25, 0.3) is 21.9 Å². The molecule has 2 heterocycles. The average Bonchev–Trinajstić information content (AvgIpc) is 2.59. The Bertz CT molecular complexity index is 613. The molecule has 2 nitrogen and oxygen atoms in total. The number of H-pyrrole nitrogens is 1. The van der Waals surface area contributed by atoms with Crippen LogP contribution in [0.2, 0.25) is 0 Å². The molecule has 3 rings (SSSR count). The van der Waals surface area contributed by atoms with E-state index >= 15 is 0 Å². The van der Waals surface area contributed by atoms with Gasteiger partial charge in [0.2, 0.25) is 0 Å². The maximum atomic E-state index is 13.4. The van der Waals surface area contributed by atoms with Crippen molar-refractivity contribution in [2.45, 2.75) is 0 Å². The summed E-state index contributed by atoms with van der Waals surface area (Å²) in [6, 6.07) is 8.72. The first-order valence-corrected chi connectivity index (χ1v) is 4.37. The van der Waals surface area contributed by atoms with Crippen LogP contribution in [-0.2, 0) is 0 Å². The minimum absolute atomic E-state index is 0.236. The second-order valence-corrected chi connectivity index (χ2v) is 3.19. The van der Waals surface area contributed by atoms with E-state index in [1.807, 2.05) is 18.2 Å². The number of aromatic nitrogens is 2. The van der Waals surface area contributed by atoms with Gasteiger partial charge in [0.05, 0.1) is 16.6 Å². The van der Waals surface area contributed by atoms with Crippen LogP contribution < -0.4 is 0 Å². The fraction of sp³-hybridized carbons (Fsp3) is 0. The predicted octanol–water partition coefficient (Wildman–Crippen LogP) is 2.86. The minimum atomic E-state index is -0.236. The van der Waals surface area contributed by atoms with Gasteiger partial charge in [0, 0.05) is 11.6 Å². The Morgan fingerprint density at radius 2 is 2.07 bits per heavy atom. The van der Waals surface area contributed by atoms with E-state index in [1.165, 1.54) is 6.07 Å². The second-order valence-electron chi connectivity index (χ2n) is 3.19. The predicted molar refractivity (Wildman–Crippen MR) is 53.6 cm³/mol. The topological polar surface area (TPSA) is 28.7 Å². The molecule has 0 radical (unpaired) electrons. The lowest BCUT2D eigenvalue weighted by Crippen LogP contribution is -1.75. The summed E-state index contributed by atoms with van der Waals surface area (Å²) < 4.78 is 13.4. The Kier molecular flexibility index (Phi) is 1.36. The summed E-state index contributed by atoms with van der Waals surface area (Å²) in [4.78, 5) is 7.22. The molecule has 0 atom stereocenters. The van der Waals surface area contributed by atoms with Gasteiger partial charge in [-0.15, -0.1) is 0 Å². The lowest BCUT2D eigenvalue weighted by molar-refractivity contribution is 0.637. The van der Waals surface area contributed by atoms with E-state index in [9.17, 15) is 4.39 Å². The first-order chi connectivity index (χ1) is 6.86. The third kappa shape index (κ3) is 0.865. The molecule has 0 aliphatic heterocycles. The molecule has 0 spiro atoms. The quantitative estimate of drug-likeness (QED) is 0.574. The van der Waals surface area contributed by atoms with Crippen molar-refractivity contribution in [3.8, 4) is 0 Å². The third-order valence-corrected chi connectivity index (χ3v) is 2.34. The molecule has 0 aliphatic carbocycles. The molecule has 2 aromatic heterocycles. The number of aromatic amines is 1. The minimum Gasteiger partial charge on any atom is -0.351 e. The summed E-state index contributed by atoms with van der Waals surface area (Å²) in [6.07, 6.45) is 1.71. The molecule has 3 aromatic rings. The molecule has 0 amide bonds. The van der Waals surface area contributed by atoms with Crippen LogP contribution >= 0.6 is 0 Å². The van der Waals surface area contributed by atoms with Crippen molar-refractivity contribution >= 4 is 21.9 Å². The normalized spacial score (nSPS) is 11.2. The number of hydrogen-bond donors (Lipinski definition) is 1. The largest absolute Gasteiger partial charge is 0.351 e. The van der Waals surface area contributed by atoms with E-state index in [0.717, 1.165) is 16.4 Å². The highest BCUT2D eigenvalue weighted by Crippen LogP contribution is 2.24. The van der Waals surface area contributed by atoms with Gasteiger partial charge in [-0.25, -0.2) is 4.39 Å². The molecule has 68 valence electrons. The van der Waals surface area contributed by atoms with Crippen LogP contribution in [0.4, 0.5) is 4.39 Å². The highest BCUT2D eigenvalue weighted by atomic mass is 19.1. The SMILES string of the molecule is Fc1cccc2c1[nH]c1cccnc12. The van der Waals surface area contributed by atoms with Gasteiger partial charge in [0.15, 0.2) is 0 Å². The van der Waals surface area contributed by atoms with Gasteiger partial charge in [0.25, 0.3) is 0 Å². The van der Waals surface area contributed by atoms with Crippen molar-refractivity contribution in [1.29, 1.82) is 0 Å². The molecule has 1 N–H and O–H groups in total. The number of hydrogen-bond acceptors (Lipinski definition) is 1. The molecule has 0 aliphatic rings. The van der Waals surface area contributed by atoms with Gasteiger partial charge in [0.1, 0.15) is 5.82 Å². The maximum absolute atomic E-state index is 13.4. The number of para-hydroxylation sites is 1. The fourth-order valence-electron chi connectivity index (χ4n) is 1.70. The van der Waals surface area contributed by atoms with E-state index in [0.29, 0.717) is 5.52 Å². The van der Waals surface area contributed by atoms with E-state index in [-0.39, 0.29) is 5.82 Å². The maximum Gasteiger partial charge on any atom is 0.147 e. The zero-order valence-electron chi connectivity index (χ0n) is 7.29. The van der Waals surface area contributed by atoms with E-state index in [2.05, 4.69) is 9.97 Å². The van der Waals surface area contributed by atoms with Crippen molar-refractivity contribution in [2.75, 3.05) is 0 Å². The van der Waals surface area contributed by atoms with Crippen molar-refractivity contribution in [2.24, 2.45) is 0 Å². The summed E-state index contributed by atoms with van der Waals surface area (Å²) in [5, 5.41) is 0.834. The van der Waals surface area contributed by atoms with Gasteiger partial charge in [-0.3, -0.25) is 4.98 Å². The molecule has 0 saturated carbocycles. The van der Waals surface area contributed by atoms with Gasteiger partial charge in [-0.05, 0) is 18.2 Å². The van der Waals surface area contributed by atoms with E-state index < -0.39 is 0 Å². The van der Waals surface area contributed by atoms with Crippen LogP contribution in [0.3, 0.4) is 0 Å². The van der Waals surface area contributed by atoms with Crippen LogP contribution in [0.15, 0.2) is 36.5 Å². The molecule has 0 unspecified atom stereocenters. The number of fused-ring (bicyclic) bond motifs is 3. The number of pyridine rings is 1. The first kappa shape index (κ1) is 7.50. The van der Waals surface area contributed by atoms with Crippen LogP contribution in [0, 0.1) is 5.82 Å². The zero-order valence-corrected chi connectivity index (χ0v) is 7.29. The molecular weight excluding hydrogens is 179 g/mol. The van der Waals surface area contributed by atoms with Crippen molar-refractivity contribution in [3.05, 3.63) is 42.3 Å². The molecule has 0 saturated heterocycles. The van der Waals surface area contributed by atoms with Crippen molar-refractivity contribution < 1.29 is 4.39 Å². The summed E-state index contributed by atoms with van der Waals surface area (Å²) in [5.41, 5.74) is 2.22. The molecule has 14 heavy (non-hydrogen) atoms. The fourth-order valence-corrected chi connectivity index (χ4v) is 1.70. The highest BCUT2D eigenvalue weighted by molar-refractivity contribution is 6.04. The van der Waals surface area contributed by atoms with Gasteiger partial charge in [-0.1, -0.05) is 12.1 Å². The van der Waals surface area contributed by atoms with E-state index in [1.54, 1.807) is 12.3 Å². The number of nitrogens with zero attached hydrogens (tertiary/aromatic N) is 1. The van der Waals surface area contributed by atoms with Crippen molar-refractivity contribution in [1.82, 2.24) is 9.97 Å². The highest BCUT2D eigenvalue weighted by Gasteiger charge is 2.07. The van der Waals surface area contributed by atoms with Gasteiger partial charge in [-0.2, -0.15) is 0 Å². The Labute approximate surface area is 79.4 Å². The number of rotatable bonds is 0. The van der Waals surface area contributed by atoms with Gasteiger partial charge >= 0.3 is 0 Å². The first-order valence-electron chi connectivity index (χ1n) is 4.37. The summed E-state index contributed by atoms with van der Waals surface area (Å²) in [6.45, 7) is 0. The Morgan fingerprint density at radius 1 is 1.14 bits per heavy atom. The second kappa shape index (κ2) is 2.54. The molecular formula is C11H7FN2.